The Labute approximate surface area is 263 Å². The third kappa shape index (κ3) is 13.8. The van der Waals surface area contributed by atoms with Gasteiger partial charge in [-0.15, -0.1) is 12.4 Å². The second kappa shape index (κ2) is 17.7. The number of nitrogens with one attached hydrogen (secondary N) is 3. The Kier molecular flexibility index (Phi) is 16.7. The molecule has 2 aromatic rings. The van der Waals surface area contributed by atoms with Crippen molar-refractivity contribution >= 4 is 24.6 Å². The van der Waals surface area contributed by atoms with Crippen molar-refractivity contribution in [1.82, 2.24) is 24.8 Å². The number of aliphatic hydroxyl groups excluding tert-OH is 1. The second-order valence-corrected chi connectivity index (χ2v) is 12.1. The number of carbonyl (C=O) groups excluding carboxylic acids is 2. The Morgan fingerprint density at radius 2 is 1.64 bits per heavy atom. The largest absolute Gasteiger partial charge is 1.00 e. The molecule has 0 radical (unpaired) electrons. The third-order valence-electron chi connectivity index (χ3n) is 5.95. The highest BCUT2D eigenvalue weighted by atomic mass is 35.5. The van der Waals surface area contributed by atoms with Gasteiger partial charge in [-0.1, -0.05) is 6.92 Å². The number of hydrogen-bond donors (Lipinski definition) is 3. The van der Waals surface area contributed by atoms with Crippen LogP contribution in [0.1, 0.15) is 116 Å². The number of imidazole rings is 2. The number of aliphatic hydroxyl groups is 1. The van der Waals surface area contributed by atoms with E-state index in [2.05, 4.69) is 33.4 Å². The van der Waals surface area contributed by atoms with Crippen LogP contribution < -0.4 is 22.7 Å². The Balaban J connectivity index is 0.000000880. The molecular formula is C29H52Cl2N6O5. The van der Waals surface area contributed by atoms with E-state index in [0.717, 1.165) is 44.8 Å². The number of hydrogen-bond acceptors (Lipinski definition) is 7. The van der Waals surface area contributed by atoms with E-state index < -0.39 is 17.3 Å². The van der Waals surface area contributed by atoms with Crippen molar-refractivity contribution in [3.8, 4) is 0 Å². The van der Waals surface area contributed by atoms with Gasteiger partial charge < -0.3 is 37.2 Å². The molecule has 2 aliphatic rings. The predicted molar refractivity (Wildman–Crippen MR) is 160 cm³/mol. The number of nitrogens with zero attached hydrogens (tertiary/aromatic N) is 3. The first-order valence-electron chi connectivity index (χ1n) is 14.3. The minimum atomic E-state index is -0.575. The number of aromatic amines is 2. The number of halogens is 2. The zero-order chi connectivity index (χ0) is 30.1. The predicted octanol–water partition coefficient (Wildman–Crippen LogP) is 2.15. The number of rotatable bonds is 8. The summed E-state index contributed by atoms with van der Waals surface area (Å²) in [6, 6.07) is 0. The lowest BCUT2D eigenvalue weighted by molar-refractivity contribution is -0.388. The van der Waals surface area contributed by atoms with E-state index in [1.165, 1.54) is 28.9 Å². The van der Waals surface area contributed by atoms with E-state index >= 15 is 0 Å². The van der Waals surface area contributed by atoms with Gasteiger partial charge in [-0.05, 0) is 80.7 Å². The topological polar surface area (TPSA) is 136 Å². The molecule has 2 fully saturated rings. The van der Waals surface area contributed by atoms with Crippen LogP contribution in [0.15, 0.2) is 12.4 Å². The van der Waals surface area contributed by atoms with Crippen molar-refractivity contribution in [2.24, 2.45) is 0 Å². The Morgan fingerprint density at radius 1 is 1.07 bits per heavy atom. The molecule has 2 heterocycles. The highest BCUT2D eigenvalue weighted by molar-refractivity contribution is 5.85. The first kappa shape index (κ1) is 39.7. The molecule has 4 rings (SSSR count). The molecule has 0 saturated heterocycles. The summed E-state index contributed by atoms with van der Waals surface area (Å²) in [6.07, 6.45) is 7.64. The van der Waals surface area contributed by atoms with Crippen LogP contribution in [0.3, 0.4) is 0 Å². The fourth-order valence-electron chi connectivity index (χ4n) is 3.79. The molecule has 0 aliphatic heterocycles. The van der Waals surface area contributed by atoms with Gasteiger partial charge in [0.1, 0.15) is 23.2 Å². The SMILES string of the molecule is CCN(Cc1cn(C(=O)OC(C)(C)C)c(C2CC2)n1)C(=O)OC(C)(C)C.CCNCc1c[nH+]c(C2CC2)[nH]1.CO.Cl.[Cl-]. The van der Waals surface area contributed by atoms with Crippen molar-refractivity contribution in [3.05, 3.63) is 35.4 Å². The standard InChI is InChI=1S/C19H31N3O4.C9H15N3.CH4O.2ClH/c1-8-21(16(23)25-18(2,3)4)11-14-12-22(15(20-14)13-9-10-13)17(24)26-19(5,6)7;1-2-10-5-8-6-11-9(12-8)7-3-4-7;1-2;;/h12-13H,8-11H2,1-7H3;6-7,10H,2-5H2,1H3,(H,11,12);2H,1H3;2*1H. The molecule has 2 saturated carbocycles. The first-order chi connectivity index (χ1) is 18.8. The van der Waals surface area contributed by atoms with Gasteiger partial charge in [0.15, 0.2) is 5.69 Å². The van der Waals surface area contributed by atoms with Crippen LogP contribution in [0, 0.1) is 0 Å². The van der Waals surface area contributed by atoms with Gasteiger partial charge in [0, 0.05) is 25.8 Å². The van der Waals surface area contributed by atoms with Crippen LogP contribution in [0.5, 0.6) is 0 Å². The number of aromatic nitrogens is 4. The summed E-state index contributed by atoms with van der Waals surface area (Å²) in [5.74, 6) is 3.10. The van der Waals surface area contributed by atoms with E-state index in [-0.39, 0.29) is 36.8 Å². The highest BCUT2D eigenvalue weighted by Crippen LogP contribution is 2.39. The van der Waals surface area contributed by atoms with Gasteiger partial charge in [-0.3, -0.25) is 0 Å². The molecule has 0 bridgehead atoms. The molecule has 0 atom stereocenters. The zero-order valence-electron chi connectivity index (χ0n) is 26.7. The van der Waals surface area contributed by atoms with Gasteiger partial charge >= 0.3 is 12.2 Å². The summed E-state index contributed by atoms with van der Waals surface area (Å²) >= 11 is 0. The van der Waals surface area contributed by atoms with E-state index in [0.29, 0.717) is 18.8 Å². The molecular weight excluding hydrogens is 583 g/mol. The van der Waals surface area contributed by atoms with Crippen molar-refractivity contribution in [1.29, 1.82) is 0 Å². The molecule has 242 valence electrons. The number of ether oxygens (including phenoxy) is 2. The lowest BCUT2D eigenvalue weighted by atomic mass is 10.2. The van der Waals surface area contributed by atoms with Crippen LogP contribution in [0.25, 0.3) is 0 Å². The number of carbonyl (C=O) groups is 2. The molecule has 42 heavy (non-hydrogen) atoms. The average molecular weight is 636 g/mol. The normalized spacial score (nSPS) is 14.1. The fourth-order valence-corrected chi connectivity index (χ4v) is 3.79. The molecule has 4 N–H and O–H groups in total. The third-order valence-corrected chi connectivity index (χ3v) is 5.95. The molecule has 1 amide bonds. The lowest BCUT2D eigenvalue weighted by Crippen LogP contribution is -3.00. The summed E-state index contributed by atoms with van der Waals surface area (Å²) in [5, 5.41) is 10.3. The summed E-state index contributed by atoms with van der Waals surface area (Å²) in [5.41, 5.74) is 0.789. The lowest BCUT2D eigenvalue weighted by Gasteiger charge is -2.26. The minimum Gasteiger partial charge on any atom is -1.00 e. The molecule has 11 nitrogen and oxygen atoms in total. The van der Waals surface area contributed by atoms with Crippen molar-refractivity contribution in [2.45, 2.75) is 117 Å². The van der Waals surface area contributed by atoms with Crippen LogP contribution in [0.2, 0.25) is 0 Å². The number of H-pyrrole nitrogens is 2. The van der Waals surface area contributed by atoms with Gasteiger partial charge in [-0.25, -0.2) is 29.1 Å². The monoisotopic (exact) mass is 634 g/mol. The maximum atomic E-state index is 12.5. The van der Waals surface area contributed by atoms with E-state index in [9.17, 15) is 9.59 Å². The Hall–Kier alpha value is -2.34. The van der Waals surface area contributed by atoms with Gasteiger partial charge in [0.2, 0.25) is 0 Å². The van der Waals surface area contributed by atoms with Crippen molar-refractivity contribution in [2.75, 3.05) is 20.2 Å². The Morgan fingerprint density at radius 3 is 2.12 bits per heavy atom. The second-order valence-electron chi connectivity index (χ2n) is 12.1. The molecule has 0 unspecified atom stereocenters. The molecule has 0 spiro atoms. The van der Waals surface area contributed by atoms with Gasteiger partial charge in [0.05, 0.1) is 24.7 Å². The minimum absolute atomic E-state index is 0. The number of amides is 1. The maximum absolute atomic E-state index is 12.5. The van der Waals surface area contributed by atoms with Crippen LogP contribution in [-0.2, 0) is 22.6 Å². The highest BCUT2D eigenvalue weighted by Gasteiger charge is 2.33. The molecule has 2 aliphatic carbocycles. The fraction of sp³-hybridized carbons (Fsp3) is 0.724. The Bertz CT molecular complexity index is 1090. The van der Waals surface area contributed by atoms with Gasteiger partial charge in [0.25, 0.3) is 5.82 Å². The average Bonchev–Trinajstić information content (AvgIpc) is 3.81. The van der Waals surface area contributed by atoms with E-state index in [4.69, 9.17) is 14.6 Å². The summed E-state index contributed by atoms with van der Waals surface area (Å²) in [7, 11) is 1.00. The smallest absolute Gasteiger partial charge is 0.420 e. The summed E-state index contributed by atoms with van der Waals surface area (Å²) < 4.78 is 12.4. The molecule has 0 aromatic carbocycles. The molecule has 13 heteroatoms. The first-order valence-corrected chi connectivity index (χ1v) is 14.3. The van der Waals surface area contributed by atoms with Crippen LogP contribution in [-0.4, -0.2) is 68.1 Å². The quantitative estimate of drug-likeness (QED) is 0.405. The van der Waals surface area contributed by atoms with Crippen LogP contribution in [0.4, 0.5) is 9.59 Å². The van der Waals surface area contributed by atoms with Crippen LogP contribution >= 0.6 is 12.4 Å². The summed E-state index contributed by atoms with van der Waals surface area (Å²) in [6.45, 7) is 17.8. The summed E-state index contributed by atoms with van der Waals surface area (Å²) in [4.78, 5) is 37.7. The maximum Gasteiger partial charge on any atom is 0.420 e. The van der Waals surface area contributed by atoms with Gasteiger partial charge in [-0.2, -0.15) is 0 Å². The van der Waals surface area contributed by atoms with Crippen molar-refractivity contribution < 1.29 is 41.6 Å². The zero-order valence-corrected chi connectivity index (χ0v) is 28.2. The van der Waals surface area contributed by atoms with E-state index in [1.54, 1.807) is 11.1 Å². The van der Waals surface area contributed by atoms with Crippen molar-refractivity contribution in [3.63, 3.8) is 0 Å². The van der Waals surface area contributed by atoms with E-state index in [1.807, 2.05) is 48.5 Å². The molecule has 2 aromatic heterocycles.